The minimum atomic E-state index is 0.688. The average Bonchev–Trinajstić information content (AvgIpc) is 2.76. The summed E-state index contributed by atoms with van der Waals surface area (Å²) in [5.74, 6) is 1.43. The van der Waals surface area contributed by atoms with Crippen LogP contribution in [0.25, 0.3) is 0 Å². The summed E-state index contributed by atoms with van der Waals surface area (Å²) in [6.45, 7) is 0.739. The van der Waals surface area contributed by atoms with Gasteiger partial charge < -0.3 is 10.2 Å². The molecule has 0 aliphatic carbocycles. The second kappa shape index (κ2) is 4.65. The summed E-state index contributed by atoms with van der Waals surface area (Å²) in [5.41, 5.74) is 1.21. The molecule has 5 heteroatoms. The molecule has 84 valence electrons. The van der Waals surface area contributed by atoms with E-state index in [0.717, 1.165) is 12.5 Å². The van der Waals surface area contributed by atoms with Crippen LogP contribution in [0.5, 0.6) is 0 Å². The smallest absolute Gasteiger partial charge is 0.225 e. The van der Waals surface area contributed by atoms with Crippen LogP contribution in [0.3, 0.4) is 0 Å². The van der Waals surface area contributed by atoms with Gasteiger partial charge in [0.05, 0.1) is 0 Å². The van der Waals surface area contributed by atoms with Crippen LogP contribution in [0.15, 0.2) is 30.3 Å². The molecule has 0 fully saturated rings. The van der Waals surface area contributed by atoms with Crippen LogP contribution in [0.2, 0.25) is 0 Å². The highest BCUT2D eigenvalue weighted by Gasteiger charge is 2.02. The molecule has 0 bridgehead atoms. The number of aromatic amines is 1. The molecule has 0 saturated carbocycles. The fourth-order valence-electron chi connectivity index (χ4n) is 1.32. The van der Waals surface area contributed by atoms with Gasteiger partial charge in [0.1, 0.15) is 0 Å². The van der Waals surface area contributed by atoms with Gasteiger partial charge in [-0.2, -0.15) is 0 Å². The first-order chi connectivity index (χ1) is 7.75. The number of nitrogens with one attached hydrogen (secondary N) is 2. The first kappa shape index (κ1) is 10.5. The third-order valence-corrected chi connectivity index (χ3v) is 2.20. The summed E-state index contributed by atoms with van der Waals surface area (Å²) in [6.07, 6.45) is 0. The van der Waals surface area contributed by atoms with Crippen molar-refractivity contribution < 1.29 is 0 Å². The Labute approximate surface area is 94.5 Å². The van der Waals surface area contributed by atoms with Gasteiger partial charge in [-0.3, -0.25) is 4.98 Å². The SMILES string of the molecule is CN(C)c1nnc(NCc2ccccc2)[nH]1. The van der Waals surface area contributed by atoms with Crippen molar-refractivity contribution >= 4 is 11.9 Å². The van der Waals surface area contributed by atoms with Crippen LogP contribution in [-0.2, 0) is 6.54 Å². The number of hydrogen-bond donors (Lipinski definition) is 2. The van der Waals surface area contributed by atoms with Gasteiger partial charge in [-0.15, -0.1) is 10.2 Å². The summed E-state index contributed by atoms with van der Waals surface area (Å²) < 4.78 is 0. The van der Waals surface area contributed by atoms with Crippen molar-refractivity contribution in [2.24, 2.45) is 0 Å². The maximum atomic E-state index is 3.99. The molecule has 2 aromatic rings. The molecular formula is C11H15N5. The molecule has 0 saturated heterocycles. The van der Waals surface area contributed by atoms with Crippen molar-refractivity contribution in [3.05, 3.63) is 35.9 Å². The quantitative estimate of drug-likeness (QED) is 0.814. The van der Waals surface area contributed by atoms with Gasteiger partial charge in [0.15, 0.2) is 0 Å². The third-order valence-electron chi connectivity index (χ3n) is 2.20. The van der Waals surface area contributed by atoms with E-state index in [2.05, 4.69) is 32.6 Å². The highest BCUT2D eigenvalue weighted by molar-refractivity contribution is 5.35. The van der Waals surface area contributed by atoms with Crippen LogP contribution in [0.1, 0.15) is 5.56 Å². The zero-order valence-electron chi connectivity index (χ0n) is 9.44. The molecule has 1 aromatic carbocycles. The largest absolute Gasteiger partial charge is 0.350 e. The van der Waals surface area contributed by atoms with E-state index >= 15 is 0 Å². The molecule has 0 aliphatic heterocycles. The van der Waals surface area contributed by atoms with E-state index < -0.39 is 0 Å². The minimum absolute atomic E-state index is 0.688. The Morgan fingerprint density at radius 2 is 1.94 bits per heavy atom. The van der Waals surface area contributed by atoms with Crippen LogP contribution in [0, 0.1) is 0 Å². The molecule has 5 nitrogen and oxygen atoms in total. The zero-order chi connectivity index (χ0) is 11.4. The van der Waals surface area contributed by atoms with E-state index in [1.807, 2.05) is 37.2 Å². The fourth-order valence-corrected chi connectivity index (χ4v) is 1.32. The number of H-pyrrole nitrogens is 1. The zero-order valence-corrected chi connectivity index (χ0v) is 9.44. The first-order valence-corrected chi connectivity index (χ1v) is 5.13. The van der Waals surface area contributed by atoms with Crippen molar-refractivity contribution in [3.63, 3.8) is 0 Å². The van der Waals surface area contributed by atoms with E-state index in [-0.39, 0.29) is 0 Å². The van der Waals surface area contributed by atoms with Crippen LogP contribution >= 0.6 is 0 Å². The Balaban J connectivity index is 1.95. The summed E-state index contributed by atoms with van der Waals surface area (Å²) in [7, 11) is 3.84. The summed E-state index contributed by atoms with van der Waals surface area (Å²) in [6, 6.07) is 10.2. The molecule has 0 unspecified atom stereocenters. The van der Waals surface area contributed by atoms with E-state index in [4.69, 9.17) is 0 Å². The maximum absolute atomic E-state index is 3.99. The van der Waals surface area contributed by atoms with Crippen molar-refractivity contribution in [2.45, 2.75) is 6.54 Å². The van der Waals surface area contributed by atoms with Gasteiger partial charge in [-0.05, 0) is 5.56 Å². The van der Waals surface area contributed by atoms with Gasteiger partial charge >= 0.3 is 0 Å². The number of rotatable bonds is 4. The van der Waals surface area contributed by atoms with E-state index in [1.54, 1.807) is 0 Å². The van der Waals surface area contributed by atoms with E-state index in [9.17, 15) is 0 Å². The molecule has 0 spiro atoms. The third kappa shape index (κ3) is 2.50. The maximum Gasteiger partial charge on any atom is 0.225 e. The normalized spacial score (nSPS) is 10.1. The van der Waals surface area contributed by atoms with Crippen molar-refractivity contribution in [1.82, 2.24) is 15.2 Å². The Hall–Kier alpha value is -2.04. The molecule has 16 heavy (non-hydrogen) atoms. The summed E-state index contributed by atoms with van der Waals surface area (Å²) >= 11 is 0. The van der Waals surface area contributed by atoms with Gasteiger partial charge in [-0.25, -0.2) is 0 Å². The van der Waals surface area contributed by atoms with E-state index in [0.29, 0.717) is 5.95 Å². The number of nitrogens with zero attached hydrogens (tertiary/aromatic N) is 3. The van der Waals surface area contributed by atoms with Crippen LogP contribution in [-0.4, -0.2) is 29.3 Å². The van der Waals surface area contributed by atoms with Crippen LogP contribution in [0.4, 0.5) is 11.9 Å². The predicted octanol–water partition coefficient (Wildman–Crippen LogP) is 1.48. The lowest BCUT2D eigenvalue weighted by atomic mass is 10.2. The molecule has 0 aliphatic rings. The summed E-state index contributed by atoms with van der Waals surface area (Å²) in [5, 5.41) is 11.2. The highest BCUT2D eigenvalue weighted by atomic mass is 15.4. The van der Waals surface area contributed by atoms with Crippen molar-refractivity contribution in [1.29, 1.82) is 0 Å². The second-order valence-corrected chi connectivity index (χ2v) is 3.73. The Morgan fingerprint density at radius 3 is 2.56 bits per heavy atom. The standard InChI is InChI=1S/C11H15N5/c1-16(2)11-13-10(14-15-11)12-8-9-6-4-3-5-7-9/h3-7H,8H2,1-2H3,(H2,12,13,14,15). The molecule has 1 heterocycles. The topological polar surface area (TPSA) is 56.8 Å². The van der Waals surface area contributed by atoms with Gasteiger partial charge in [-0.1, -0.05) is 30.3 Å². The molecule has 0 atom stereocenters. The molecule has 0 radical (unpaired) electrons. The molecule has 2 N–H and O–H groups in total. The second-order valence-electron chi connectivity index (χ2n) is 3.73. The number of anilines is 2. The lowest BCUT2D eigenvalue weighted by molar-refractivity contribution is 0.996. The highest BCUT2D eigenvalue weighted by Crippen LogP contribution is 2.07. The minimum Gasteiger partial charge on any atom is -0.350 e. The molecule has 1 aromatic heterocycles. The first-order valence-electron chi connectivity index (χ1n) is 5.13. The number of hydrogen-bond acceptors (Lipinski definition) is 4. The van der Waals surface area contributed by atoms with Crippen LogP contribution < -0.4 is 10.2 Å². The Bertz CT molecular complexity index is 435. The Kier molecular flexibility index (Phi) is 3.05. The van der Waals surface area contributed by atoms with E-state index in [1.165, 1.54) is 5.56 Å². The fraction of sp³-hybridized carbons (Fsp3) is 0.273. The monoisotopic (exact) mass is 217 g/mol. The average molecular weight is 217 g/mol. The molecule has 2 rings (SSSR count). The van der Waals surface area contributed by atoms with Gasteiger partial charge in [0.2, 0.25) is 11.9 Å². The predicted molar refractivity (Wildman–Crippen MR) is 64.5 cm³/mol. The summed E-state index contributed by atoms with van der Waals surface area (Å²) in [4.78, 5) is 4.95. The molecular weight excluding hydrogens is 202 g/mol. The van der Waals surface area contributed by atoms with Gasteiger partial charge in [0.25, 0.3) is 0 Å². The Morgan fingerprint density at radius 1 is 1.19 bits per heavy atom. The number of benzene rings is 1. The van der Waals surface area contributed by atoms with Crippen molar-refractivity contribution in [3.8, 4) is 0 Å². The molecule has 0 amide bonds. The lowest BCUT2D eigenvalue weighted by Crippen LogP contribution is -2.10. The van der Waals surface area contributed by atoms with Crippen molar-refractivity contribution in [2.75, 3.05) is 24.3 Å². The lowest BCUT2D eigenvalue weighted by Gasteiger charge is -2.05. The van der Waals surface area contributed by atoms with Gasteiger partial charge in [0, 0.05) is 20.6 Å². The number of aromatic nitrogens is 3.